The van der Waals surface area contributed by atoms with Gasteiger partial charge >= 0.3 is 0 Å². The number of hydrogen-bond donors (Lipinski definition) is 1. The van der Waals surface area contributed by atoms with Gasteiger partial charge in [-0.3, -0.25) is 4.72 Å². The Morgan fingerprint density at radius 1 is 1.11 bits per heavy atom. The number of halogens is 1. The number of anilines is 3. The predicted molar refractivity (Wildman–Crippen MR) is 103 cm³/mol. The Morgan fingerprint density at radius 3 is 2.67 bits per heavy atom. The Labute approximate surface area is 157 Å². The minimum Gasteiger partial charge on any atom is -0.340 e. The number of fused-ring (bicyclic) bond motifs is 1. The molecule has 3 aromatic rings. The molecule has 7 heteroatoms. The summed E-state index contributed by atoms with van der Waals surface area (Å²) in [5.74, 6) is -0.255. The predicted octanol–water partition coefficient (Wildman–Crippen LogP) is 4.02. The fourth-order valence-electron chi connectivity index (χ4n) is 3.32. The fraction of sp³-hybridized carbons (Fsp3) is 0.150. The second kappa shape index (κ2) is 6.66. The van der Waals surface area contributed by atoms with Crippen LogP contribution in [0.15, 0.2) is 65.7 Å². The number of benzene rings is 2. The Balaban J connectivity index is 1.56. The molecule has 0 unspecified atom stereocenters. The molecule has 1 aliphatic rings. The number of nitrogens with zero attached hydrogens (tertiary/aromatic N) is 2. The topological polar surface area (TPSA) is 62.3 Å². The first-order valence-electron chi connectivity index (χ1n) is 8.54. The molecular formula is C20H18FN3O2S. The van der Waals surface area contributed by atoms with E-state index in [1.807, 2.05) is 18.2 Å². The molecule has 0 aliphatic carbocycles. The van der Waals surface area contributed by atoms with Gasteiger partial charge in [-0.15, -0.1) is 0 Å². The number of aryl methyl sites for hydroxylation is 1. The minimum atomic E-state index is -3.83. The van der Waals surface area contributed by atoms with Gasteiger partial charge in [0.05, 0.1) is 16.8 Å². The molecule has 2 heterocycles. The molecule has 138 valence electrons. The molecule has 1 aromatic heterocycles. The van der Waals surface area contributed by atoms with Crippen molar-refractivity contribution in [1.29, 1.82) is 0 Å². The van der Waals surface area contributed by atoms with Gasteiger partial charge in [0.2, 0.25) is 0 Å². The van der Waals surface area contributed by atoms with Gasteiger partial charge in [-0.05, 0) is 60.9 Å². The first kappa shape index (κ1) is 17.5. The second-order valence-corrected chi connectivity index (χ2v) is 8.10. The summed E-state index contributed by atoms with van der Waals surface area (Å²) in [6, 6.07) is 15.2. The standard InChI is InChI=1S/C20H18FN3O2S/c1-14-12-16(21)6-8-19(14)27(25,26)23-20-9-7-17(13-22-20)24-11-10-15-4-2-3-5-18(15)24/h2-9,12-13H,10-11H2,1H3,(H,22,23). The highest BCUT2D eigenvalue weighted by molar-refractivity contribution is 7.92. The molecule has 0 bridgehead atoms. The van der Waals surface area contributed by atoms with Gasteiger partial charge < -0.3 is 4.90 Å². The van der Waals surface area contributed by atoms with E-state index in [9.17, 15) is 12.8 Å². The highest BCUT2D eigenvalue weighted by Gasteiger charge is 2.21. The van der Waals surface area contributed by atoms with E-state index in [-0.39, 0.29) is 10.7 Å². The van der Waals surface area contributed by atoms with Crippen LogP contribution >= 0.6 is 0 Å². The maximum atomic E-state index is 13.2. The molecular weight excluding hydrogens is 365 g/mol. The number of pyridine rings is 1. The number of sulfonamides is 1. The number of nitrogens with one attached hydrogen (secondary N) is 1. The second-order valence-electron chi connectivity index (χ2n) is 6.45. The average Bonchev–Trinajstić information content (AvgIpc) is 3.06. The van der Waals surface area contributed by atoms with Gasteiger partial charge in [0.15, 0.2) is 0 Å². The summed E-state index contributed by atoms with van der Waals surface area (Å²) in [4.78, 5) is 6.44. The largest absolute Gasteiger partial charge is 0.340 e. The van der Waals surface area contributed by atoms with E-state index in [2.05, 4.69) is 26.7 Å². The molecule has 0 amide bonds. The van der Waals surface area contributed by atoms with Crippen molar-refractivity contribution < 1.29 is 12.8 Å². The van der Waals surface area contributed by atoms with Gasteiger partial charge in [0.25, 0.3) is 10.0 Å². The first-order valence-corrected chi connectivity index (χ1v) is 10.0. The Bertz CT molecular complexity index is 1100. The van der Waals surface area contributed by atoms with Crippen LogP contribution in [-0.2, 0) is 16.4 Å². The zero-order valence-electron chi connectivity index (χ0n) is 14.7. The minimum absolute atomic E-state index is 0.0308. The van der Waals surface area contributed by atoms with Crippen LogP contribution in [-0.4, -0.2) is 19.9 Å². The summed E-state index contributed by atoms with van der Waals surface area (Å²) in [5, 5.41) is 0. The summed E-state index contributed by atoms with van der Waals surface area (Å²) in [7, 11) is -3.83. The highest BCUT2D eigenvalue weighted by Crippen LogP contribution is 2.34. The molecule has 0 saturated carbocycles. The summed E-state index contributed by atoms with van der Waals surface area (Å²) in [5.41, 5.74) is 3.68. The maximum absolute atomic E-state index is 13.2. The highest BCUT2D eigenvalue weighted by atomic mass is 32.2. The third-order valence-electron chi connectivity index (χ3n) is 4.61. The Kier molecular flexibility index (Phi) is 4.31. The van der Waals surface area contributed by atoms with E-state index >= 15 is 0 Å². The Morgan fingerprint density at radius 2 is 1.93 bits per heavy atom. The monoisotopic (exact) mass is 383 g/mol. The lowest BCUT2D eigenvalue weighted by Crippen LogP contribution is -2.16. The molecule has 0 atom stereocenters. The molecule has 27 heavy (non-hydrogen) atoms. The van der Waals surface area contributed by atoms with Crippen LogP contribution in [0.4, 0.5) is 21.6 Å². The summed E-state index contributed by atoms with van der Waals surface area (Å²) >= 11 is 0. The molecule has 2 aromatic carbocycles. The maximum Gasteiger partial charge on any atom is 0.263 e. The number of rotatable bonds is 4. The fourth-order valence-corrected chi connectivity index (χ4v) is 4.56. The van der Waals surface area contributed by atoms with Crippen LogP contribution in [0, 0.1) is 12.7 Å². The number of para-hydroxylation sites is 1. The zero-order chi connectivity index (χ0) is 19.0. The molecule has 0 fully saturated rings. The van der Waals surface area contributed by atoms with Crippen LogP contribution in [0.25, 0.3) is 0 Å². The summed E-state index contributed by atoms with van der Waals surface area (Å²) < 4.78 is 40.8. The third kappa shape index (κ3) is 3.38. The Hall–Kier alpha value is -2.93. The first-order chi connectivity index (χ1) is 12.9. The van der Waals surface area contributed by atoms with Gasteiger partial charge in [0, 0.05) is 12.2 Å². The summed E-state index contributed by atoms with van der Waals surface area (Å²) in [6.07, 6.45) is 2.62. The lowest BCUT2D eigenvalue weighted by molar-refractivity contribution is 0.598. The molecule has 1 N–H and O–H groups in total. The smallest absolute Gasteiger partial charge is 0.263 e. The van der Waals surface area contributed by atoms with E-state index in [0.717, 1.165) is 30.4 Å². The van der Waals surface area contributed by atoms with Crippen LogP contribution < -0.4 is 9.62 Å². The van der Waals surface area contributed by atoms with Crippen LogP contribution in [0.1, 0.15) is 11.1 Å². The normalized spacial score (nSPS) is 13.5. The molecule has 5 nitrogen and oxygen atoms in total. The van der Waals surface area contributed by atoms with E-state index in [4.69, 9.17) is 0 Å². The third-order valence-corrected chi connectivity index (χ3v) is 6.13. The van der Waals surface area contributed by atoms with E-state index in [0.29, 0.717) is 5.56 Å². The molecule has 1 aliphatic heterocycles. The van der Waals surface area contributed by atoms with Gasteiger partial charge in [-0.2, -0.15) is 0 Å². The van der Waals surface area contributed by atoms with Crippen LogP contribution in [0.3, 0.4) is 0 Å². The van der Waals surface area contributed by atoms with Crippen molar-refractivity contribution in [2.45, 2.75) is 18.2 Å². The quantitative estimate of drug-likeness (QED) is 0.739. The SMILES string of the molecule is Cc1cc(F)ccc1S(=O)(=O)Nc1ccc(N2CCc3ccccc32)cn1. The van der Waals surface area contributed by atoms with Crippen molar-refractivity contribution in [2.24, 2.45) is 0 Å². The van der Waals surface area contributed by atoms with Crippen molar-refractivity contribution in [3.8, 4) is 0 Å². The number of aromatic nitrogens is 1. The van der Waals surface area contributed by atoms with Gasteiger partial charge in [0.1, 0.15) is 11.6 Å². The molecule has 0 radical (unpaired) electrons. The van der Waals surface area contributed by atoms with Crippen molar-refractivity contribution in [2.75, 3.05) is 16.2 Å². The molecule has 4 rings (SSSR count). The van der Waals surface area contributed by atoms with E-state index in [1.165, 1.54) is 17.7 Å². The molecule has 0 spiro atoms. The van der Waals surface area contributed by atoms with Crippen molar-refractivity contribution in [1.82, 2.24) is 4.98 Å². The summed E-state index contributed by atoms with van der Waals surface area (Å²) in [6.45, 7) is 2.42. The van der Waals surface area contributed by atoms with Crippen LogP contribution in [0.2, 0.25) is 0 Å². The van der Waals surface area contributed by atoms with E-state index < -0.39 is 15.8 Å². The lowest BCUT2D eigenvalue weighted by Gasteiger charge is -2.19. The van der Waals surface area contributed by atoms with Crippen LogP contribution in [0.5, 0.6) is 0 Å². The van der Waals surface area contributed by atoms with Crippen molar-refractivity contribution >= 4 is 27.2 Å². The zero-order valence-corrected chi connectivity index (χ0v) is 15.5. The van der Waals surface area contributed by atoms with Crippen molar-refractivity contribution in [3.05, 3.63) is 77.7 Å². The van der Waals surface area contributed by atoms with Gasteiger partial charge in [-0.25, -0.2) is 17.8 Å². The lowest BCUT2D eigenvalue weighted by atomic mass is 10.2. The van der Waals surface area contributed by atoms with Crippen molar-refractivity contribution in [3.63, 3.8) is 0 Å². The molecule has 0 saturated heterocycles. The van der Waals surface area contributed by atoms with Gasteiger partial charge in [-0.1, -0.05) is 18.2 Å². The van der Waals surface area contributed by atoms with E-state index in [1.54, 1.807) is 19.2 Å². The number of hydrogen-bond acceptors (Lipinski definition) is 4. The average molecular weight is 383 g/mol.